The molecular formula is C19H23N3O3. The molecule has 0 aromatic heterocycles. The van der Waals surface area contributed by atoms with E-state index in [0.717, 1.165) is 12.2 Å². The molecule has 0 unspecified atom stereocenters. The van der Waals surface area contributed by atoms with Gasteiger partial charge in [-0.3, -0.25) is 14.9 Å². The molecule has 0 aliphatic heterocycles. The first-order valence-electron chi connectivity index (χ1n) is 8.27. The summed E-state index contributed by atoms with van der Waals surface area (Å²) in [4.78, 5) is 25.2. The van der Waals surface area contributed by atoms with Crippen molar-refractivity contribution in [1.29, 1.82) is 0 Å². The van der Waals surface area contributed by atoms with Gasteiger partial charge in [-0.05, 0) is 44.5 Å². The third kappa shape index (κ3) is 4.56. The van der Waals surface area contributed by atoms with Crippen molar-refractivity contribution >= 4 is 17.3 Å². The summed E-state index contributed by atoms with van der Waals surface area (Å²) in [5.41, 5.74) is 2.72. The average Bonchev–Trinajstić information content (AvgIpc) is 2.58. The van der Waals surface area contributed by atoms with Crippen molar-refractivity contribution < 1.29 is 9.72 Å². The smallest absolute Gasteiger partial charge is 0.285 e. The molecule has 0 fully saturated rings. The Hall–Kier alpha value is -2.89. The van der Waals surface area contributed by atoms with E-state index in [4.69, 9.17) is 0 Å². The normalized spacial score (nSPS) is 10.4. The molecule has 1 amide bonds. The number of carbonyl (C=O) groups excluding carboxylic acids is 1. The van der Waals surface area contributed by atoms with Gasteiger partial charge in [-0.1, -0.05) is 24.3 Å². The number of amides is 1. The monoisotopic (exact) mass is 341 g/mol. The standard InChI is InChI=1S/C19H23N3O3/c1-4-21(16-9-5-7-14(2)13-16)12-11-20-19(23)17-10-6-8-15(3)18(17)22(24)25/h5-10,13H,4,11-12H2,1-3H3,(H,20,23). The van der Waals surface area contributed by atoms with E-state index >= 15 is 0 Å². The number of nitro groups is 1. The highest BCUT2D eigenvalue weighted by Gasteiger charge is 2.22. The number of benzene rings is 2. The third-order valence-electron chi connectivity index (χ3n) is 4.08. The Bertz CT molecular complexity index is 774. The van der Waals surface area contributed by atoms with Gasteiger partial charge in [-0.15, -0.1) is 0 Å². The molecule has 6 heteroatoms. The summed E-state index contributed by atoms with van der Waals surface area (Å²) < 4.78 is 0. The van der Waals surface area contributed by atoms with E-state index in [-0.39, 0.29) is 11.3 Å². The average molecular weight is 341 g/mol. The quantitative estimate of drug-likeness (QED) is 0.618. The predicted octanol–water partition coefficient (Wildman–Crippen LogP) is 3.47. The van der Waals surface area contributed by atoms with Crippen LogP contribution in [0.15, 0.2) is 42.5 Å². The molecule has 2 aromatic carbocycles. The number of nitrogens with one attached hydrogen (secondary N) is 1. The number of hydrogen-bond donors (Lipinski definition) is 1. The Morgan fingerprint density at radius 3 is 2.56 bits per heavy atom. The van der Waals surface area contributed by atoms with Crippen LogP contribution in [0.4, 0.5) is 11.4 Å². The van der Waals surface area contributed by atoms with Gasteiger partial charge in [0.25, 0.3) is 11.6 Å². The van der Waals surface area contributed by atoms with Gasteiger partial charge in [-0.25, -0.2) is 0 Å². The highest BCUT2D eigenvalue weighted by Crippen LogP contribution is 2.22. The van der Waals surface area contributed by atoms with Gasteiger partial charge < -0.3 is 10.2 Å². The van der Waals surface area contributed by atoms with Gasteiger partial charge in [0.05, 0.1) is 4.92 Å². The fourth-order valence-corrected chi connectivity index (χ4v) is 2.78. The Kier molecular flexibility index (Phi) is 6.11. The largest absolute Gasteiger partial charge is 0.370 e. The van der Waals surface area contributed by atoms with Crippen molar-refractivity contribution in [3.63, 3.8) is 0 Å². The molecule has 132 valence electrons. The summed E-state index contributed by atoms with van der Waals surface area (Å²) in [5, 5.41) is 14.0. The zero-order valence-corrected chi connectivity index (χ0v) is 14.8. The number of carbonyl (C=O) groups is 1. The van der Waals surface area contributed by atoms with Crippen molar-refractivity contribution in [2.24, 2.45) is 0 Å². The minimum atomic E-state index is -0.505. The Labute approximate surface area is 147 Å². The zero-order valence-electron chi connectivity index (χ0n) is 14.8. The fourth-order valence-electron chi connectivity index (χ4n) is 2.78. The van der Waals surface area contributed by atoms with Gasteiger partial charge in [0, 0.05) is 30.9 Å². The van der Waals surface area contributed by atoms with E-state index in [1.165, 1.54) is 11.6 Å². The summed E-state index contributed by atoms with van der Waals surface area (Å²) in [6.07, 6.45) is 0. The van der Waals surface area contributed by atoms with Crippen molar-refractivity contribution in [2.75, 3.05) is 24.5 Å². The summed E-state index contributed by atoms with van der Waals surface area (Å²) in [6.45, 7) is 7.57. The molecule has 6 nitrogen and oxygen atoms in total. The summed E-state index contributed by atoms with van der Waals surface area (Å²) in [5.74, 6) is -0.421. The molecule has 0 radical (unpaired) electrons. The molecule has 0 heterocycles. The maximum Gasteiger partial charge on any atom is 0.285 e. The Morgan fingerprint density at radius 1 is 1.20 bits per heavy atom. The van der Waals surface area contributed by atoms with Crippen LogP contribution in [0.25, 0.3) is 0 Å². The highest BCUT2D eigenvalue weighted by molar-refractivity contribution is 5.98. The number of hydrogen-bond acceptors (Lipinski definition) is 4. The molecule has 0 spiro atoms. The van der Waals surface area contributed by atoms with E-state index < -0.39 is 10.8 Å². The minimum absolute atomic E-state index is 0.101. The lowest BCUT2D eigenvalue weighted by Crippen LogP contribution is -2.35. The molecule has 25 heavy (non-hydrogen) atoms. The fraction of sp³-hybridized carbons (Fsp3) is 0.316. The van der Waals surface area contributed by atoms with Crippen LogP contribution < -0.4 is 10.2 Å². The number of anilines is 1. The van der Waals surface area contributed by atoms with Gasteiger partial charge >= 0.3 is 0 Å². The number of rotatable bonds is 7. The van der Waals surface area contributed by atoms with Crippen molar-refractivity contribution in [2.45, 2.75) is 20.8 Å². The zero-order chi connectivity index (χ0) is 18.4. The van der Waals surface area contributed by atoms with Gasteiger partial charge in [0.2, 0.25) is 0 Å². The first-order valence-corrected chi connectivity index (χ1v) is 8.27. The first-order chi connectivity index (χ1) is 11.9. The minimum Gasteiger partial charge on any atom is -0.370 e. The number of nitro benzene ring substituents is 1. The summed E-state index contributed by atoms with van der Waals surface area (Å²) >= 11 is 0. The van der Waals surface area contributed by atoms with E-state index in [0.29, 0.717) is 18.7 Å². The molecule has 0 saturated carbocycles. The lowest BCUT2D eigenvalue weighted by atomic mass is 10.1. The molecule has 2 rings (SSSR count). The molecule has 0 bridgehead atoms. The Balaban J connectivity index is 2.03. The van der Waals surface area contributed by atoms with Gasteiger partial charge in [-0.2, -0.15) is 0 Å². The summed E-state index contributed by atoms with van der Waals surface area (Å²) in [7, 11) is 0. The molecule has 1 N–H and O–H groups in total. The van der Waals surface area contributed by atoms with Gasteiger partial charge in [0.1, 0.15) is 5.56 Å². The molecule has 2 aromatic rings. The maximum atomic E-state index is 12.3. The van der Waals surface area contributed by atoms with Crippen LogP contribution in [0, 0.1) is 24.0 Å². The van der Waals surface area contributed by atoms with E-state index in [1.54, 1.807) is 19.1 Å². The summed E-state index contributed by atoms with van der Waals surface area (Å²) in [6, 6.07) is 12.9. The second kappa shape index (κ2) is 8.28. The second-order valence-corrected chi connectivity index (χ2v) is 5.90. The SMILES string of the molecule is CCN(CCNC(=O)c1cccc(C)c1[N+](=O)[O-])c1cccc(C)c1. The first kappa shape index (κ1) is 18.4. The van der Waals surface area contributed by atoms with Crippen LogP contribution in [0.1, 0.15) is 28.4 Å². The van der Waals surface area contributed by atoms with Crippen molar-refractivity contribution in [3.8, 4) is 0 Å². The number of aryl methyl sites for hydroxylation is 2. The van der Waals surface area contributed by atoms with Crippen LogP contribution in [0.2, 0.25) is 0 Å². The predicted molar refractivity (Wildman–Crippen MR) is 99.2 cm³/mol. The molecule has 0 atom stereocenters. The number of para-hydroxylation sites is 1. The highest BCUT2D eigenvalue weighted by atomic mass is 16.6. The van der Waals surface area contributed by atoms with Crippen LogP contribution in [-0.2, 0) is 0 Å². The topological polar surface area (TPSA) is 75.5 Å². The van der Waals surface area contributed by atoms with E-state index in [2.05, 4.69) is 23.2 Å². The number of likely N-dealkylation sites (N-methyl/N-ethyl adjacent to an activating group) is 1. The molecule has 0 saturated heterocycles. The van der Waals surface area contributed by atoms with Crippen LogP contribution in [-0.4, -0.2) is 30.5 Å². The lowest BCUT2D eigenvalue weighted by molar-refractivity contribution is -0.385. The van der Waals surface area contributed by atoms with Crippen molar-refractivity contribution in [1.82, 2.24) is 5.32 Å². The third-order valence-corrected chi connectivity index (χ3v) is 4.08. The van der Waals surface area contributed by atoms with Gasteiger partial charge in [0.15, 0.2) is 0 Å². The van der Waals surface area contributed by atoms with E-state index in [1.807, 2.05) is 25.1 Å². The van der Waals surface area contributed by atoms with Crippen LogP contribution >= 0.6 is 0 Å². The van der Waals surface area contributed by atoms with Crippen LogP contribution in [0.5, 0.6) is 0 Å². The maximum absolute atomic E-state index is 12.3. The Morgan fingerprint density at radius 2 is 1.92 bits per heavy atom. The lowest BCUT2D eigenvalue weighted by Gasteiger charge is -2.23. The number of nitrogens with zero attached hydrogens (tertiary/aromatic N) is 2. The second-order valence-electron chi connectivity index (χ2n) is 5.90. The molecule has 0 aliphatic carbocycles. The molecular weight excluding hydrogens is 318 g/mol. The van der Waals surface area contributed by atoms with Crippen molar-refractivity contribution in [3.05, 3.63) is 69.3 Å². The van der Waals surface area contributed by atoms with Crippen LogP contribution in [0.3, 0.4) is 0 Å². The van der Waals surface area contributed by atoms with E-state index in [9.17, 15) is 14.9 Å². The molecule has 0 aliphatic rings.